The van der Waals surface area contributed by atoms with Gasteiger partial charge in [0.1, 0.15) is 5.75 Å². The normalized spacial score (nSPS) is 15.3. The lowest BCUT2D eigenvalue weighted by atomic mass is 10.1. The quantitative estimate of drug-likeness (QED) is 0.800. The van der Waals surface area contributed by atoms with E-state index in [0.717, 1.165) is 16.9 Å². The van der Waals surface area contributed by atoms with E-state index in [1.807, 2.05) is 18.2 Å². The average Bonchev–Trinajstić information content (AvgIpc) is 2.70. The first kappa shape index (κ1) is 12.6. The van der Waals surface area contributed by atoms with Crippen molar-refractivity contribution in [3.63, 3.8) is 0 Å². The highest BCUT2D eigenvalue weighted by molar-refractivity contribution is 6.01. The molecule has 5 nitrogen and oxygen atoms in total. The van der Waals surface area contributed by atoms with Crippen LogP contribution in [-0.4, -0.2) is 23.8 Å². The molecule has 0 unspecified atom stereocenters. The molecule has 0 aromatic heterocycles. The van der Waals surface area contributed by atoms with Crippen LogP contribution in [0.1, 0.15) is 24.0 Å². The first-order valence-electron chi connectivity index (χ1n) is 5.84. The van der Waals surface area contributed by atoms with Crippen LogP contribution in [0.3, 0.4) is 0 Å². The fraction of sp³-hybridized carbons (Fsp3) is 0.385. The topological polar surface area (TPSA) is 72.6 Å². The molecule has 96 valence electrons. The Kier molecular flexibility index (Phi) is 3.62. The first-order valence-corrected chi connectivity index (χ1v) is 5.84. The number of imide groups is 1. The number of hydrogen-bond acceptors (Lipinski definition) is 4. The van der Waals surface area contributed by atoms with Crippen molar-refractivity contribution in [2.45, 2.75) is 25.9 Å². The van der Waals surface area contributed by atoms with Gasteiger partial charge in [0.05, 0.1) is 13.7 Å². The number of benzene rings is 1. The summed E-state index contributed by atoms with van der Waals surface area (Å²) in [4.78, 5) is 24.3. The Morgan fingerprint density at radius 2 is 1.94 bits per heavy atom. The van der Waals surface area contributed by atoms with Crippen molar-refractivity contribution < 1.29 is 14.3 Å². The van der Waals surface area contributed by atoms with E-state index in [0.29, 0.717) is 25.9 Å². The highest BCUT2D eigenvalue weighted by atomic mass is 16.5. The molecule has 2 amide bonds. The Balaban J connectivity index is 2.19. The Morgan fingerprint density at radius 3 is 2.50 bits per heavy atom. The fourth-order valence-corrected chi connectivity index (χ4v) is 2.07. The summed E-state index contributed by atoms with van der Waals surface area (Å²) in [6.45, 7) is 0.674. The summed E-state index contributed by atoms with van der Waals surface area (Å²) in [5.74, 6) is 0.510. The molecular weight excluding hydrogens is 232 g/mol. The molecule has 2 rings (SSSR count). The summed E-state index contributed by atoms with van der Waals surface area (Å²) in [6, 6.07) is 5.52. The Labute approximate surface area is 106 Å². The predicted octanol–water partition coefficient (Wildman–Crippen LogP) is 0.803. The van der Waals surface area contributed by atoms with Crippen molar-refractivity contribution in [1.29, 1.82) is 0 Å². The van der Waals surface area contributed by atoms with Crippen LogP contribution in [-0.2, 0) is 22.7 Å². The van der Waals surface area contributed by atoms with E-state index in [-0.39, 0.29) is 11.8 Å². The number of amides is 2. The summed E-state index contributed by atoms with van der Waals surface area (Å²) in [6.07, 6.45) is 0.636. The van der Waals surface area contributed by atoms with E-state index in [1.54, 1.807) is 7.11 Å². The third kappa shape index (κ3) is 2.36. The van der Waals surface area contributed by atoms with Gasteiger partial charge in [-0.25, -0.2) is 0 Å². The monoisotopic (exact) mass is 248 g/mol. The lowest BCUT2D eigenvalue weighted by molar-refractivity contribution is -0.139. The van der Waals surface area contributed by atoms with Gasteiger partial charge in [-0.2, -0.15) is 0 Å². The second-order valence-corrected chi connectivity index (χ2v) is 4.22. The van der Waals surface area contributed by atoms with Gasteiger partial charge in [0.15, 0.2) is 0 Å². The van der Waals surface area contributed by atoms with Gasteiger partial charge in [-0.05, 0) is 17.7 Å². The first-order chi connectivity index (χ1) is 8.65. The van der Waals surface area contributed by atoms with Crippen molar-refractivity contribution in [2.24, 2.45) is 5.73 Å². The lowest BCUT2D eigenvalue weighted by Crippen LogP contribution is -2.28. The molecule has 1 fully saturated rings. The van der Waals surface area contributed by atoms with Gasteiger partial charge in [-0.1, -0.05) is 6.07 Å². The van der Waals surface area contributed by atoms with Crippen molar-refractivity contribution in [3.8, 4) is 5.75 Å². The highest BCUT2D eigenvalue weighted by Gasteiger charge is 2.28. The van der Waals surface area contributed by atoms with Gasteiger partial charge < -0.3 is 10.5 Å². The van der Waals surface area contributed by atoms with Gasteiger partial charge in [0.25, 0.3) is 0 Å². The number of carbonyl (C=O) groups is 2. The highest BCUT2D eigenvalue weighted by Crippen LogP contribution is 2.22. The van der Waals surface area contributed by atoms with E-state index in [9.17, 15) is 9.59 Å². The fourth-order valence-electron chi connectivity index (χ4n) is 2.07. The number of nitrogens with zero attached hydrogens (tertiary/aromatic N) is 1. The van der Waals surface area contributed by atoms with Crippen LogP contribution in [0.4, 0.5) is 0 Å². The number of carbonyl (C=O) groups excluding carboxylic acids is 2. The number of hydrogen-bond donors (Lipinski definition) is 1. The maximum Gasteiger partial charge on any atom is 0.229 e. The minimum atomic E-state index is -0.106. The Hall–Kier alpha value is -1.88. The maximum absolute atomic E-state index is 11.5. The predicted molar refractivity (Wildman–Crippen MR) is 65.7 cm³/mol. The molecule has 0 atom stereocenters. The standard InChI is InChI=1S/C13H16N2O3/c1-18-11-3-2-9(6-10(11)7-14)8-15-12(16)4-5-13(15)17/h2-3,6H,4-5,7-8,14H2,1H3. The van der Waals surface area contributed by atoms with Gasteiger partial charge in [-0.3, -0.25) is 14.5 Å². The van der Waals surface area contributed by atoms with Crippen molar-refractivity contribution >= 4 is 11.8 Å². The van der Waals surface area contributed by atoms with Crippen LogP contribution in [0.5, 0.6) is 5.75 Å². The molecule has 0 spiro atoms. The van der Waals surface area contributed by atoms with Crippen LogP contribution in [0.2, 0.25) is 0 Å². The summed E-state index contributed by atoms with van der Waals surface area (Å²) < 4.78 is 5.18. The minimum absolute atomic E-state index is 0.106. The number of methoxy groups -OCH3 is 1. The SMILES string of the molecule is COc1ccc(CN2C(=O)CCC2=O)cc1CN. The van der Waals surface area contributed by atoms with E-state index < -0.39 is 0 Å². The average molecular weight is 248 g/mol. The number of ether oxygens (including phenoxy) is 1. The number of nitrogens with two attached hydrogens (primary N) is 1. The van der Waals surface area contributed by atoms with Crippen LogP contribution in [0.25, 0.3) is 0 Å². The zero-order valence-electron chi connectivity index (χ0n) is 10.3. The smallest absolute Gasteiger partial charge is 0.229 e. The van der Waals surface area contributed by atoms with Gasteiger partial charge >= 0.3 is 0 Å². The van der Waals surface area contributed by atoms with E-state index in [2.05, 4.69) is 0 Å². The van der Waals surface area contributed by atoms with Crippen LogP contribution in [0.15, 0.2) is 18.2 Å². The largest absolute Gasteiger partial charge is 0.496 e. The Morgan fingerprint density at radius 1 is 1.28 bits per heavy atom. The van der Waals surface area contributed by atoms with E-state index >= 15 is 0 Å². The summed E-state index contributed by atoms with van der Waals surface area (Å²) in [5.41, 5.74) is 7.39. The number of likely N-dealkylation sites (tertiary alicyclic amines) is 1. The molecule has 18 heavy (non-hydrogen) atoms. The molecule has 0 aliphatic carbocycles. The molecular formula is C13H16N2O3. The summed E-state index contributed by atoms with van der Waals surface area (Å²) >= 11 is 0. The third-order valence-electron chi connectivity index (χ3n) is 3.06. The molecule has 0 saturated carbocycles. The molecule has 2 N–H and O–H groups in total. The summed E-state index contributed by atoms with van der Waals surface area (Å²) in [5, 5.41) is 0. The maximum atomic E-state index is 11.5. The molecule has 1 aromatic rings. The van der Waals surface area contributed by atoms with Gasteiger partial charge in [0, 0.05) is 24.9 Å². The molecule has 1 aromatic carbocycles. The van der Waals surface area contributed by atoms with Crippen molar-refractivity contribution in [2.75, 3.05) is 7.11 Å². The zero-order chi connectivity index (χ0) is 13.1. The molecule has 1 saturated heterocycles. The number of rotatable bonds is 4. The second kappa shape index (κ2) is 5.18. The third-order valence-corrected chi connectivity index (χ3v) is 3.06. The molecule has 5 heteroatoms. The van der Waals surface area contributed by atoms with E-state index in [1.165, 1.54) is 4.90 Å². The molecule has 1 aliphatic heterocycles. The zero-order valence-corrected chi connectivity index (χ0v) is 10.3. The Bertz CT molecular complexity index is 469. The van der Waals surface area contributed by atoms with Crippen LogP contribution >= 0.6 is 0 Å². The van der Waals surface area contributed by atoms with Gasteiger partial charge in [0.2, 0.25) is 11.8 Å². The van der Waals surface area contributed by atoms with Crippen molar-refractivity contribution in [3.05, 3.63) is 29.3 Å². The molecule has 0 bridgehead atoms. The van der Waals surface area contributed by atoms with Crippen LogP contribution in [0, 0.1) is 0 Å². The van der Waals surface area contributed by atoms with Crippen LogP contribution < -0.4 is 10.5 Å². The van der Waals surface area contributed by atoms with E-state index in [4.69, 9.17) is 10.5 Å². The molecule has 0 radical (unpaired) electrons. The molecule has 1 aliphatic rings. The van der Waals surface area contributed by atoms with Crippen molar-refractivity contribution in [1.82, 2.24) is 4.90 Å². The van der Waals surface area contributed by atoms with Gasteiger partial charge in [-0.15, -0.1) is 0 Å². The minimum Gasteiger partial charge on any atom is -0.496 e. The molecule has 1 heterocycles. The summed E-state index contributed by atoms with van der Waals surface area (Å²) in [7, 11) is 1.59. The lowest BCUT2D eigenvalue weighted by Gasteiger charge is -2.15. The second-order valence-electron chi connectivity index (χ2n) is 4.22.